The average Bonchev–Trinajstić information content (AvgIpc) is 2.72. The summed E-state index contributed by atoms with van der Waals surface area (Å²) in [5.74, 6) is 0. The summed E-state index contributed by atoms with van der Waals surface area (Å²) in [4.78, 5) is 0. The number of nitrogens with zero attached hydrogens (tertiary/aromatic N) is 3. The molecule has 0 radical (unpaired) electrons. The summed E-state index contributed by atoms with van der Waals surface area (Å²) in [7, 11) is 13.5. The molecule has 4 heteroatoms. The zero-order valence-electron chi connectivity index (χ0n) is 12.5. The minimum atomic E-state index is -3.14. The molecule has 99 valence electrons. The van der Waals surface area contributed by atoms with E-state index < -0.39 is 16.1 Å². The van der Waals surface area contributed by atoms with Crippen LogP contribution in [0.25, 0.3) is 0 Å². The van der Waals surface area contributed by atoms with Crippen LogP contribution in [0, 0.1) is 0 Å². The van der Waals surface area contributed by atoms with E-state index in [2.05, 4.69) is 77.6 Å². The third-order valence-electron chi connectivity index (χ3n) is 4.90. The van der Waals surface area contributed by atoms with Crippen LogP contribution in [0.3, 0.4) is 0 Å². The summed E-state index contributed by atoms with van der Waals surface area (Å²) < 4.78 is 10.4. The monoisotopic (exact) mass is 274 g/mol. The molecule has 0 bridgehead atoms. The Morgan fingerprint density at radius 3 is 1.71 bits per heavy atom. The molecule has 1 aliphatic rings. The average molecular weight is 274 g/mol. The van der Waals surface area contributed by atoms with Crippen LogP contribution in [0.4, 0.5) is 0 Å². The topological polar surface area (TPSA) is 9.72 Å². The zero-order valence-corrected chi connectivity index (χ0v) is 14.0. The van der Waals surface area contributed by atoms with Gasteiger partial charge in [0.25, 0.3) is 0 Å². The summed E-state index contributed by atoms with van der Waals surface area (Å²) in [6.45, 7) is 2.34. The van der Waals surface area contributed by atoms with Crippen LogP contribution >= 0.6 is 0 Å². The van der Waals surface area contributed by atoms with Gasteiger partial charge in [0.1, 0.15) is 0 Å². The molecule has 0 aromatic rings. The van der Waals surface area contributed by atoms with Crippen LogP contribution in [-0.2, 0) is 16.1 Å². The second-order valence-corrected chi connectivity index (χ2v) is 16.0. The van der Waals surface area contributed by atoms with Crippen molar-refractivity contribution >= 4 is 0 Å². The number of allylic oxidation sites excluding steroid dienone is 4. The van der Waals surface area contributed by atoms with Crippen molar-refractivity contribution in [1.29, 1.82) is 0 Å². The summed E-state index contributed by atoms with van der Waals surface area (Å²) in [5.41, 5.74) is 0. The molecule has 0 amide bonds. The Morgan fingerprint density at radius 2 is 1.47 bits per heavy atom. The first-order valence-corrected chi connectivity index (χ1v) is 10.4. The molecule has 0 saturated carbocycles. The molecule has 0 saturated heterocycles. The Kier molecular flexibility index (Phi) is 4.44. The molecule has 0 aromatic heterocycles. The van der Waals surface area contributed by atoms with Crippen LogP contribution in [0.2, 0.25) is 4.73 Å². The van der Waals surface area contributed by atoms with Gasteiger partial charge in [0, 0.05) is 0 Å². The molecule has 0 aliphatic heterocycles. The van der Waals surface area contributed by atoms with Gasteiger partial charge in [0.2, 0.25) is 0 Å². The third-order valence-corrected chi connectivity index (χ3v) is 18.4. The summed E-state index contributed by atoms with van der Waals surface area (Å²) in [5, 5.41) is 0. The molecule has 0 spiro atoms. The van der Waals surface area contributed by atoms with Crippen molar-refractivity contribution in [1.82, 2.24) is 10.1 Å². The van der Waals surface area contributed by atoms with E-state index in [9.17, 15) is 0 Å². The fourth-order valence-electron chi connectivity index (χ4n) is 4.06. The molecule has 0 aromatic carbocycles. The van der Waals surface area contributed by atoms with Crippen LogP contribution < -0.4 is 0 Å². The van der Waals surface area contributed by atoms with Gasteiger partial charge in [-0.05, 0) is 0 Å². The fraction of sp³-hybridized carbons (Fsp3) is 0.692. The van der Waals surface area contributed by atoms with Crippen LogP contribution in [-0.4, -0.2) is 52.4 Å². The van der Waals surface area contributed by atoms with Gasteiger partial charge >= 0.3 is 109 Å². The first kappa shape index (κ1) is 15.1. The van der Waals surface area contributed by atoms with Gasteiger partial charge < -0.3 is 0 Å². The summed E-state index contributed by atoms with van der Waals surface area (Å²) >= 11 is -3.14. The first-order valence-electron chi connectivity index (χ1n) is 6.38. The quantitative estimate of drug-likeness (QED) is 0.713. The predicted molar refractivity (Wildman–Crippen MR) is 73.4 cm³/mol. The van der Waals surface area contributed by atoms with Crippen LogP contribution in [0.5, 0.6) is 0 Å². The molecule has 17 heavy (non-hydrogen) atoms. The van der Waals surface area contributed by atoms with Gasteiger partial charge in [-0.2, -0.15) is 0 Å². The number of rotatable bonds is 5. The molecule has 0 unspecified atom stereocenters. The van der Waals surface area contributed by atoms with Crippen molar-refractivity contribution < 1.29 is 16.1 Å². The van der Waals surface area contributed by atoms with Crippen molar-refractivity contribution in [2.45, 2.75) is 18.1 Å². The van der Waals surface area contributed by atoms with E-state index >= 15 is 0 Å². The van der Waals surface area contributed by atoms with Gasteiger partial charge in [-0.25, -0.2) is 0 Å². The summed E-state index contributed by atoms with van der Waals surface area (Å²) in [6, 6.07) is 0. The van der Waals surface area contributed by atoms with E-state index in [0.29, 0.717) is 0 Å². The Hall–Kier alpha value is 0.0743. The Balaban J connectivity index is 3.52. The van der Waals surface area contributed by atoms with Gasteiger partial charge in [0.15, 0.2) is 0 Å². The summed E-state index contributed by atoms with van der Waals surface area (Å²) in [6.07, 6.45) is 7.95. The number of hydrogen-bond acceptors (Lipinski definition) is 3. The Labute approximate surface area is 109 Å². The Morgan fingerprint density at radius 1 is 1.00 bits per heavy atom. The van der Waals surface area contributed by atoms with Gasteiger partial charge in [0.05, 0.1) is 0 Å². The van der Waals surface area contributed by atoms with E-state index in [4.69, 9.17) is 0 Å². The minimum absolute atomic E-state index is 1.11. The molecular formula is C13H28N3Ti. The van der Waals surface area contributed by atoms with Crippen molar-refractivity contribution in [3.63, 3.8) is 0 Å². The molecule has 0 atom stereocenters. The van der Waals surface area contributed by atoms with E-state index in [1.165, 1.54) is 4.73 Å². The van der Waals surface area contributed by atoms with E-state index in [1.54, 1.807) is 3.88 Å². The van der Waals surface area contributed by atoms with E-state index in [1.807, 2.05) is 0 Å². The maximum absolute atomic E-state index is 3.14. The fourth-order valence-corrected chi connectivity index (χ4v) is 15.7. The molecular weight excluding hydrogens is 246 g/mol. The molecule has 0 N–H and O–H groups in total. The zero-order chi connectivity index (χ0) is 13.3. The first-order chi connectivity index (χ1) is 7.84. The third kappa shape index (κ3) is 1.72. The molecule has 1 rings (SSSR count). The molecule has 3 nitrogen and oxygen atoms in total. The van der Waals surface area contributed by atoms with Crippen molar-refractivity contribution in [3.8, 4) is 0 Å². The predicted octanol–water partition coefficient (Wildman–Crippen LogP) is 2.39. The van der Waals surface area contributed by atoms with Crippen molar-refractivity contribution in [3.05, 3.63) is 22.1 Å². The van der Waals surface area contributed by atoms with Crippen LogP contribution in [0.15, 0.2) is 22.1 Å². The maximum atomic E-state index is 2.52. The normalized spacial score (nSPS) is 18.9. The standard InChI is InChI=1S/C5H5.3C2H6N.C2H5.Ti/c1-2-4-5-3-1;3*1-3-2;1-2;/h1-3H,4H2;3*1-2H3;1H2,2H3;/q;3*-1;;+3. The van der Waals surface area contributed by atoms with Crippen molar-refractivity contribution in [2.24, 2.45) is 0 Å². The van der Waals surface area contributed by atoms with E-state index in [0.717, 1.165) is 6.42 Å². The second kappa shape index (κ2) is 4.98. The van der Waals surface area contributed by atoms with Crippen LogP contribution in [0.1, 0.15) is 13.3 Å². The second-order valence-electron chi connectivity index (χ2n) is 5.65. The van der Waals surface area contributed by atoms with Crippen molar-refractivity contribution in [2.75, 3.05) is 42.3 Å². The van der Waals surface area contributed by atoms with Gasteiger partial charge in [-0.3, -0.25) is 0 Å². The molecule has 0 fully saturated rings. The SMILES string of the molecule is C[CH2][Ti]([C]1=CC=CC1)([N](C)C)([N](C)C)[N](C)C. The van der Waals surface area contributed by atoms with E-state index in [-0.39, 0.29) is 0 Å². The Bertz CT molecular complexity index is 318. The van der Waals surface area contributed by atoms with Gasteiger partial charge in [-0.15, -0.1) is 0 Å². The number of hydrogen-bond donors (Lipinski definition) is 0. The van der Waals surface area contributed by atoms with Gasteiger partial charge in [-0.1, -0.05) is 0 Å². The molecule has 0 heterocycles. The molecule has 1 aliphatic carbocycles.